The highest BCUT2D eigenvalue weighted by Crippen LogP contribution is 2.03. The van der Waals surface area contributed by atoms with Gasteiger partial charge in [0.05, 0.1) is 13.2 Å². The van der Waals surface area contributed by atoms with Crippen molar-refractivity contribution in [2.75, 3.05) is 19.7 Å². The number of rotatable bonds is 13. The molecule has 0 aliphatic rings. The number of nitrogens with one attached hydrogen (secondary N) is 3. The number of carbonyl (C=O) groups excluding carboxylic acids is 4. The average Bonchev–Trinajstić information content (AvgIpc) is 2.56. The van der Waals surface area contributed by atoms with Crippen LogP contribution in [0.25, 0.3) is 0 Å². The number of hydrogen-bond donors (Lipinski definition) is 3. The van der Waals surface area contributed by atoms with Crippen molar-refractivity contribution in [3.8, 4) is 0 Å². The van der Waals surface area contributed by atoms with Crippen LogP contribution in [0.5, 0.6) is 0 Å². The molecule has 142 valence electrons. The van der Waals surface area contributed by atoms with E-state index in [4.69, 9.17) is 4.74 Å². The standard InChI is InChI=1S/C17H29N3O5/c1-4-6-10-15(22)19-12-16(23)18-11-8-7-9-14(20-13(3)21)17(24)25-5-2/h4,14H,1,5-12H2,2-3H3,(H,18,23)(H,19,22)(H,20,21). The lowest BCUT2D eigenvalue weighted by atomic mass is 10.1. The molecule has 0 aromatic carbocycles. The maximum atomic E-state index is 11.7. The molecule has 0 aliphatic heterocycles. The number of allylic oxidation sites excluding steroid dienone is 1. The van der Waals surface area contributed by atoms with Crippen molar-refractivity contribution in [1.82, 2.24) is 16.0 Å². The fraction of sp³-hybridized carbons (Fsp3) is 0.647. The molecule has 0 radical (unpaired) electrons. The topological polar surface area (TPSA) is 114 Å². The summed E-state index contributed by atoms with van der Waals surface area (Å²) < 4.78 is 4.91. The normalized spacial score (nSPS) is 11.1. The zero-order chi connectivity index (χ0) is 19.1. The van der Waals surface area contributed by atoms with E-state index in [1.54, 1.807) is 13.0 Å². The molecule has 8 nitrogen and oxygen atoms in total. The fourth-order valence-corrected chi connectivity index (χ4v) is 2.00. The van der Waals surface area contributed by atoms with E-state index in [1.165, 1.54) is 6.92 Å². The molecule has 25 heavy (non-hydrogen) atoms. The van der Waals surface area contributed by atoms with Gasteiger partial charge < -0.3 is 20.7 Å². The molecule has 0 aromatic heterocycles. The maximum Gasteiger partial charge on any atom is 0.328 e. The highest BCUT2D eigenvalue weighted by atomic mass is 16.5. The minimum atomic E-state index is -0.669. The minimum absolute atomic E-state index is 0.0622. The van der Waals surface area contributed by atoms with Crippen molar-refractivity contribution in [2.45, 2.75) is 52.0 Å². The molecule has 8 heteroatoms. The lowest BCUT2D eigenvalue weighted by Gasteiger charge is -2.16. The van der Waals surface area contributed by atoms with Crippen molar-refractivity contribution in [3.63, 3.8) is 0 Å². The first kappa shape index (κ1) is 22.6. The smallest absolute Gasteiger partial charge is 0.328 e. The lowest BCUT2D eigenvalue weighted by molar-refractivity contribution is -0.147. The molecule has 0 rings (SSSR count). The Hall–Kier alpha value is -2.38. The third-order valence-electron chi connectivity index (χ3n) is 3.21. The highest BCUT2D eigenvalue weighted by molar-refractivity contribution is 5.84. The summed E-state index contributed by atoms with van der Waals surface area (Å²) >= 11 is 0. The lowest BCUT2D eigenvalue weighted by Crippen LogP contribution is -2.41. The molecule has 0 aromatic rings. The van der Waals surface area contributed by atoms with Gasteiger partial charge in [0.15, 0.2) is 0 Å². The first-order chi connectivity index (χ1) is 11.9. The van der Waals surface area contributed by atoms with E-state index in [9.17, 15) is 19.2 Å². The first-order valence-corrected chi connectivity index (χ1v) is 8.48. The van der Waals surface area contributed by atoms with Crippen LogP contribution < -0.4 is 16.0 Å². The number of unbranched alkanes of at least 4 members (excludes halogenated alkanes) is 1. The van der Waals surface area contributed by atoms with E-state index in [0.717, 1.165) is 0 Å². The zero-order valence-corrected chi connectivity index (χ0v) is 15.1. The molecule has 0 bridgehead atoms. The van der Waals surface area contributed by atoms with Gasteiger partial charge in [-0.05, 0) is 32.6 Å². The Morgan fingerprint density at radius 2 is 1.84 bits per heavy atom. The van der Waals surface area contributed by atoms with E-state index < -0.39 is 12.0 Å². The zero-order valence-electron chi connectivity index (χ0n) is 15.1. The first-order valence-electron chi connectivity index (χ1n) is 8.48. The van der Waals surface area contributed by atoms with Crippen LogP contribution in [0, 0.1) is 0 Å². The summed E-state index contributed by atoms with van der Waals surface area (Å²) in [6.07, 6.45) is 4.25. The highest BCUT2D eigenvalue weighted by Gasteiger charge is 2.19. The van der Waals surface area contributed by atoms with Gasteiger partial charge in [-0.15, -0.1) is 6.58 Å². The van der Waals surface area contributed by atoms with Crippen LogP contribution >= 0.6 is 0 Å². The monoisotopic (exact) mass is 355 g/mol. The Bertz CT molecular complexity index is 465. The van der Waals surface area contributed by atoms with Gasteiger partial charge in [0.25, 0.3) is 0 Å². The number of esters is 1. The van der Waals surface area contributed by atoms with Gasteiger partial charge in [-0.3, -0.25) is 14.4 Å². The predicted octanol–water partition coefficient (Wildman–Crippen LogP) is 0.423. The van der Waals surface area contributed by atoms with Gasteiger partial charge in [0, 0.05) is 19.9 Å². The van der Waals surface area contributed by atoms with Gasteiger partial charge in [-0.25, -0.2) is 4.79 Å². The Balaban J connectivity index is 3.91. The van der Waals surface area contributed by atoms with E-state index in [0.29, 0.717) is 38.6 Å². The molecule has 0 spiro atoms. The fourth-order valence-electron chi connectivity index (χ4n) is 2.00. The van der Waals surface area contributed by atoms with Gasteiger partial charge in [-0.1, -0.05) is 6.08 Å². The van der Waals surface area contributed by atoms with Crippen molar-refractivity contribution in [2.24, 2.45) is 0 Å². The summed E-state index contributed by atoms with van der Waals surface area (Å²) in [6.45, 7) is 7.19. The Labute approximate surface area is 148 Å². The van der Waals surface area contributed by atoms with Crippen LogP contribution in [0.3, 0.4) is 0 Å². The van der Waals surface area contributed by atoms with Crippen molar-refractivity contribution >= 4 is 23.7 Å². The quantitative estimate of drug-likeness (QED) is 0.252. The van der Waals surface area contributed by atoms with Crippen molar-refractivity contribution in [3.05, 3.63) is 12.7 Å². The number of ether oxygens (including phenoxy) is 1. The second kappa shape index (κ2) is 14.0. The molecule has 1 unspecified atom stereocenters. The van der Waals surface area contributed by atoms with Crippen molar-refractivity contribution in [1.29, 1.82) is 0 Å². The second-order valence-electron chi connectivity index (χ2n) is 5.45. The second-order valence-corrected chi connectivity index (χ2v) is 5.45. The van der Waals surface area contributed by atoms with Crippen molar-refractivity contribution < 1.29 is 23.9 Å². The third-order valence-corrected chi connectivity index (χ3v) is 3.21. The number of carbonyl (C=O) groups is 4. The van der Waals surface area contributed by atoms with Gasteiger partial charge in [0.2, 0.25) is 17.7 Å². The van der Waals surface area contributed by atoms with Crippen LogP contribution in [0.1, 0.15) is 46.0 Å². The largest absolute Gasteiger partial charge is 0.464 e. The van der Waals surface area contributed by atoms with Crippen LogP contribution in [0.15, 0.2) is 12.7 Å². The molecule has 3 amide bonds. The summed E-state index contributed by atoms with van der Waals surface area (Å²) in [5.74, 6) is -1.21. The minimum Gasteiger partial charge on any atom is -0.464 e. The van der Waals surface area contributed by atoms with Gasteiger partial charge in [0.1, 0.15) is 6.04 Å². The molecule has 0 saturated heterocycles. The van der Waals surface area contributed by atoms with Gasteiger partial charge >= 0.3 is 5.97 Å². The van der Waals surface area contributed by atoms with Crippen LogP contribution in [0.2, 0.25) is 0 Å². The number of amides is 3. The maximum absolute atomic E-state index is 11.7. The number of hydrogen-bond acceptors (Lipinski definition) is 5. The Morgan fingerprint density at radius 3 is 2.44 bits per heavy atom. The molecular weight excluding hydrogens is 326 g/mol. The van der Waals surface area contributed by atoms with E-state index in [-0.39, 0.29) is 30.9 Å². The third kappa shape index (κ3) is 12.7. The summed E-state index contributed by atoms with van der Waals surface area (Å²) in [5.41, 5.74) is 0. The summed E-state index contributed by atoms with van der Waals surface area (Å²) in [7, 11) is 0. The van der Waals surface area contributed by atoms with E-state index in [2.05, 4.69) is 22.5 Å². The molecule has 1 atom stereocenters. The SMILES string of the molecule is C=CCCC(=O)NCC(=O)NCCCCC(NC(C)=O)C(=O)OCC. The molecular formula is C17H29N3O5. The summed E-state index contributed by atoms with van der Waals surface area (Å²) in [6, 6.07) is -0.669. The average molecular weight is 355 g/mol. The van der Waals surface area contributed by atoms with Crippen LogP contribution in [-0.4, -0.2) is 49.4 Å². The molecule has 0 heterocycles. The van der Waals surface area contributed by atoms with Crippen LogP contribution in [-0.2, 0) is 23.9 Å². The molecule has 3 N–H and O–H groups in total. The summed E-state index contributed by atoms with van der Waals surface area (Å²) in [5, 5.41) is 7.76. The van der Waals surface area contributed by atoms with Crippen LogP contribution in [0.4, 0.5) is 0 Å². The predicted molar refractivity (Wildman–Crippen MR) is 93.5 cm³/mol. The summed E-state index contributed by atoms with van der Waals surface area (Å²) in [4.78, 5) is 45.8. The molecule has 0 saturated carbocycles. The van der Waals surface area contributed by atoms with Gasteiger partial charge in [-0.2, -0.15) is 0 Å². The molecule has 0 aliphatic carbocycles. The molecule has 0 fully saturated rings. The Kier molecular flexibility index (Phi) is 12.7. The van der Waals surface area contributed by atoms with E-state index >= 15 is 0 Å². The Morgan fingerprint density at radius 1 is 1.12 bits per heavy atom. The van der Waals surface area contributed by atoms with E-state index in [1.807, 2.05) is 0 Å².